The summed E-state index contributed by atoms with van der Waals surface area (Å²) in [5, 5.41) is 11.4. The van der Waals surface area contributed by atoms with Crippen LogP contribution in [0.15, 0.2) is 22.7 Å². The molecule has 18 heavy (non-hydrogen) atoms. The molecule has 1 aliphatic carbocycles. The molecule has 1 heterocycles. The standard InChI is InChI=1S/C13H12BrNO2S/c14-8-1-2-10-11(7-8)18-12(15-10)13(17)5-3-9(16)4-6-13/h1-2,7,17H,3-6H2. The Kier molecular flexibility index (Phi) is 3.00. The molecule has 1 aromatic carbocycles. The quantitative estimate of drug-likeness (QED) is 0.874. The molecule has 0 amide bonds. The summed E-state index contributed by atoms with van der Waals surface area (Å²) < 4.78 is 2.07. The van der Waals surface area contributed by atoms with Crippen molar-refractivity contribution in [2.75, 3.05) is 0 Å². The third kappa shape index (κ3) is 2.11. The number of rotatable bonds is 1. The Bertz CT molecular complexity index is 612. The number of hydrogen-bond donors (Lipinski definition) is 1. The van der Waals surface area contributed by atoms with E-state index in [9.17, 15) is 9.90 Å². The molecule has 0 unspecified atom stereocenters. The second-order valence-electron chi connectivity index (χ2n) is 4.70. The highest BCUT2D eigenvalue weighted by Gasteiger charge is 2.36. The molecule has 5 heteroatoms. The highest BCUT2D eigenvalue weighted by molar-refractivity contribution is 9.10. The lowest BCUT2D eigenvalue weighted by Gasteiger charge is -2.29. The van der Waals surface area contributed by atoms with Gasteiger partial charge in [-0.1, -0.05) is 15.9 Å². The molecule has 1 aromatic heterocycles. The zero-order chi connectivity index (χ0) is 12.8. The van der Waals surface area contributed by atoms with Crippen LogP contribution in [0.2, 0.25) is 0 Å². The van der Waals surface area contributed by atoms with Crippen molar-refractivity contribution in [1.29, 1.82) is 0 Å². The topological polar surface area (TPSA) is 50.2 Å². The normalized spacial score (nSPS) is 19.3. The molecule has 0 atom stereocenters. The number of fused-ring (bicyclic) bond motifs is 1. The fourth-order valence-corrected chi connectivity index (χ4v) is 3.92. The van der Waals surface area contributed by atoms with Gasteiger partial charge in [-0.3, -0.25) is 4.79 Å². The van der Waals surface area contributed by atoms with Gasteiger partial charge in [0.05, 0.1) is 10.2 Å². The molecule has 1 aliphatic rings. The van der Waals surface area contributed by atoms with Crippen molar-refractivity contribution in [3.05, 3.63) is 27.7 Å². The van der Waals surface area contributed by atoms with Crippen LogP contribution in [0, 0.1) is 0 Å². The minimum absolute atomic E-state index is 0.239. The van der Waals surface area contributed by atoms with Gasteiger partial charge in [-0.05, 0) is 31.0 Å². The first-order chi connectivity index (χ1) is 8.57. The minimum Gasteiger partial charge on any atom is -0.383 e. The summed E-state index contributed by atoms with van der Waals surface area (Å²) >= 11 is 4.95. The smallest absolute Gasteiger partial charge is 0.133 e. The maximum absolute atomic E-state index is 11.3. The predicted molar refractivity (Wildman–Crippen MR) is 74.7 cm³/mol. The largest absolute Gasteiger partial charge is 0.383 e. The molecule has 1 fully saturated rings. The number of thiazole rings is 1. The molecule has 0 saturated heterocycles. The fraction of sp³-hybridized carbons (Fsp3) is 0.385. The van der Waals surface area contributed by atoms with Gasteiger partial charge in [0.2, 0.25) is 0 Å². The summed E-state index contributed by atoms with van der Waals surface area (Å²) in [6, 6.07) is 5.89. The van der Waals surface area contributed by atoms with Crippen LogP contribution < -0.4 is 0 Å². The molecule has 0 spiro atoms. The lowest BCUT2D eigenvalue weighted by Crippen LogP contribution is -2.31. The second kappa shape index (κ2) is 4.40. The first-order valence-corrected chi connectivity index (χ1v) is 7.48. The maximum Gasteiger partial charge on any atom is 0.133 e. The second-order valence-corrected chi connectivity index (χ2v) is 6.65. The molecule has 2 aromatic rings. The van der Waals surface area contributed by atoms with E-state index in [2.05, 4.69) is 20.9 Å². The summed E-state index contributed by atoms with van der Waals surface area (Å²) in [7, 11) is 0. The van der Waals surface area contributed by atoms with E-state index in [0.29, 0.717) is 25.7 Å². The summed E-state index contributed by atoms with van der Waals surface area (Å²) in [4.78, 5) is 15.8. The van der Waals surface area contributed by atoms with Gasteiger partial charge in [0.15, 0.2) is 0 Å². The number of nitrogens with zero attached hydrogens (tertiary/aromatic N) is 1. The van der Waals surface area contributed by atoms with Crippen LogP contribution in [0.5, 0.6) is 0 Å². The number of benzene rings is 1. The molecule has 3 rings (SSSR count). The van der Waals surface area contributed by atoms with Gasteiger partial charge in [0.25, 0.3) is 0 Å². The molecule has 3 nitrogen and oxygen atoms in total. The van der Waals surface area contributed by atoms with E-state index in [1.54, 1.807) is 0 Å². The number of halogens is 1. The number of aliphatic hydroxyl groups is 1. The van der Waals surface area contributed by atoms with E-state index in [1.807, 2.05) is 18.2 Å². The van der Waals surface area contributed by atoms with E-state index in [-0.39, 0.29) is 5.78 Å². The van der Waals surface area contributed by atoms with E-state index < -0.39 is 5.60 Å². The average molecular weight is 326 g/mol. The van der Waals surface area contributed by atoms with Crippen molar-refractivity contribution < 1.29 is 9.90 Å². The SMILES string of the molecule is O=C1CCC(O)(c2nc3ccc(Br)cc3s2)CC1. The highest BCUT2D eigenvalue weighted by atomic mass is 79.9. The fourth-order valence-electron chi connectivity index (χ4n) is 2.25. The average Bonchev–Trinajstić information content (AvgIpc) is 2.77. The number of hydrogen-bond acceptors (Lipinski definition) is 4. The first kappa shape index (κ1) is 12.3. The Morgan fingerprint density at radius 2 is 2.06 bits per heavy atom. The summed E-state index contributed by atoms with van der Waals surface area (Å²) in [6.45, 7) is 0. The van der Waals surface area contributed by atoms with Gasteiger partial charge in [0.1, 0.15) is 16.4 Å². The van der Waals surface area contributed by atoms with Gasteiger partial charge in [0, 0.05) is 17.3 Å². The molecular formula is C13H12BrNO2S. The van der Waals surface area contributed by atoms with Gasteiger partial charge in [-0.25, -0.2) is 4.98 Å². The number of Topliss-reactive ketones (excluding diaryl/α,β-unsaturated/α-hetero) is 1. The van der Waals surface area contributed by atoms with Gasteiger partial charge < -0.3 is 5.11 Å². The van der Waals surface area contributed by atoms with Crippen molar-refractivity contribution in [3.63, 3.8) is 0 Å². The zero-order valence-electron chi connectivity index (χ0n) is 9.65. The van der Waals surface area contributed by atoms with Crippen molar-refractivity contribution in [2.24, 2.45) is 0 Å². The van der Waals surface area contributed by atoms with Gasteiger partial charge in [-0.2, -0.15) is 0 Å². The van der Waals surface area contributed by atoms with Crippen LogP contribution in [0.1, 0.15) is 30.7 Å². The Morgan fingerprint density at radius 1 is 1.33 bits per heavy atom. The van der Waals surface area contributed by atoms with Gasteiger partial charge >= 0.3 is 0 Å². The van der Waals surface area contributed by atoms with Crippen molar-refractivity contribution >= 4 is 43.3 Å². The van der Waals surface area contributed by atoms with E-state index in [4.69, 9.17) is 0 Å². The van der Waals surface area contributed by atoms with E-state index in [0.717, 1.165) is 19.7 Å². The Hall–Kier alpha value is -0.780. The van der Waals surface area contributed by atoms with E-state index >= 15 is 0 Å². The van der Waals surface area contributed by atoms with Crippen molar-refractivity contribution in [2.45, 2.75) is 31.3 Å². The molecular weight excluding hydrogens is 314 g/mol. The number of carbonyl (C=O) groups is 1. The monoisotopic (exact) mass is 325 g/mol. The van der Waals surface area contributed by atoms with Crippen molar-refractivity contribution in [3.8, 4) is 0 Å². The summed E-state index contributed by atoms with van der Waals surface area (Å²) in [5.41, 5.74) is -0.00658. The third-order valence-corrected chi connectivity index (χ3v) is 5.09. The highest BCUT2D eigenvalue weighted by Crippen LogP contribution is 2.39. The molecule has 1 saturated carbocycles. The summed E-state index contributed by atoms with van der Waals surface area (Å²) in [5.74, 6) is 0.239. The lowest BCUT2D eigenvalue weighted by atomic mass is 9.85. The Morgan fingerprint density at radius 3 is 2.78 bits per heavy atom. The van der Waals surface area contributed by atoms with Crippen LogP contribution in [0.4, 0.5) is 0 Å². The van der Waals surface area contributed by atoms with Crippen LogP contribution >= 0.6 is 27.3 Å². The number of carbonyl (C=O) groups excluding carboxylic acids is 1. The molecule has 0 aliphatic heterocycles. The van der Waals surface area contributed by atoms with Gasteiger partial charge in [-0.15, -0.1) is 11.3 Å². The van der Waals surface area contributed by atoms with Crippen LogP contribution in [-0.4, -0.2) is 15.9 Å². The molecule has 0 radical (unpaired) electrons. The maximum atomic E-state index is 11.3. The summed E-state index contributed by atoms with van der Waals surface area (Å²) in [6.07, 6.45) is 1.89. The van der Waals surface area contributed by atoms with Crippen LogP contribution in [0.25, 0.3) is 10.2 Å². The third-order valence-electron chi connectivity index (χ3n) is 3.38. The predicted octanol–water partition coefficient (Wildman–Crippen LogP) is 3.39. The van der Waals surface area contributed by atoms with E-state index in [1.165, 1.54) is 11.3 Å². The van der Waals surface area contributed by atoms with Crippen molar-refractivity contribution in [1.82, 2.24) is 4.98 Å². The van der Waals surface area contributed by atoms with Crippen LogP contribution in [0.3, 0.4) is 0 Å². The lowest BCUT2D eigenvalue weighted by molar-refractivity contribution is -0.125. The zero-order valence-corrected chi connectivity index (χ0v) is 12.1. The molecule has 0 bridgehead atoms. The minimum atomic E-state index is -0.913. The Balaban J connectivity index is 2.01. The number of aromatic nitrogens is 1. The Labute approximate surface area is 117 Å². The number of ketones is 1. The van der Waals surface area contributed by atoms with Crippen LogP contribution in [-0.2, 0) is 10.4 Å². The first-order valence-electron chi connectivity index (χ1n) is 5.87. The molecule has 1 N–H and O–H groups in total. The molecule has 94 valence electrons.